The van der Waals surface area contributed by atoms with Crippen molar-refractivity contribution < 1.29 is 0 Å². The predicted octanol–water partition coefficient (Wildman–Crippen LogP) is 4.40. The molecule has 0 radical (unpaired) electrons. The van der Waals surface area contributed by atoms with E-state index in [2.05, 4.69) is 55.0 Å². The van der Waals surface area contributed by atoms with Gasteiger partial charge in [-0.2, -0.15) is 0 Å². The van der Waals surface area contributed by atoms with Gasteiger partial charge in [-0.3, -0.25) is 0 Å². The minimum absolute atomic E-state index is 0.164. The van der Waals surface area contributed by atoms with Crippen molar-refractivity contribution in [2.75, 3.05) is 0 Å². The largest absolute Gasteiger partial charge is 0.236 e. The molecule has 0 spiro atoms. The molecule has 1 heterocycles. The van der Waals surface area contributed by atoms with Crippen LogP contribution in [0.3, 0.4) is 0 Å². The van der Waals surface area contributed by atoms with Gasteiger partial charge < -0.3 is 0 Å². The summed E-state index contributed by atoms with van der Waals surface area (Å²) in [6.45, 7) is 8.55. The molecular formula is C15H17ClN2. The highest BCUT2D eigenvalue weighted by Gasteiger charge is 2.14. The molecule has 0 amide bonds. The van der Waals surface area contributed by atoms with Gasteiger partial charge in [-0.15, -0.1) is 0 Å². The number of aromatic nitrogens is 2. The lowest BCUT2D eigenvalue weighted by Crippen LogP contribution is -2.10. The van der Waals surface area contributed by atoms with E-state index in [0.717, 1.165) is 16.8 Å². The van der Waals surface area contributed by atoms with E-state index in [1.807, 2.05) is 6.92 Å². The molecule has 2 rings (SSSR count). The Balaban J connectivity index is 2.44. The molecule has 0 aliphatic heterocycles. The van der Waals surface area contributed by atoms with Gasteiger partial charge in [0.25, 0.3) is 0 Å². The van der Waals surface area contributed by atoms with Gasteiger partial charge >= 0.3 is 0 Å². The second-order valence-corrected chi connectivity index (χ2v) is 5.82. The standard InChI is InChI=1S/C15H17ClN2/c1-10-13(17-9-18-14(10)16)11-5-7-12(8-6-11)15(2,3)4/h5-9H,1-4H3. The average Bonchev–Trinajstić information content (AvgIpc) is 2.32. The first-order valence-corrected chi connectivity index (χ1v) is 6.35. The van der Waals surface area contributed by atoms with Crippen molar-refractivity contribution in [3.8, 4) is 11.3 Å². The third-order valence-electron chi connectivity index (χ3n) is 3.05. The summed E-state index contributed by atoms with van der Waals surface area (Å²) in [5.41, 5.74) is 4.36. The van der Waals surface area contributed by atoms with Gasteiger partial charge in [-0.1, -0.05) is 56.6 Å². The Kier molecular flexibility index (Phi) is 3.40. The third-order valence-corrected chi connectivity index (χ3v) is 3.43. The maximum Gasteiger partial charge on any atom is 0.135 e. The highest BCUT2D eigenvalue weighted by Crippen LogP contribution is 2.28. The summed E-state index contributed by atoms with van der Waals surface area (Å²) >= 11 is 6.02. The van der Waals surface area contributed by atoms with Crippen LogP contribution in [-0.4, -0.2) is 9.97 Å². The van der Waals surface area contributed by atoms with Crippen molar-refractivity contribution in [1.29, 1.82) is 0 Å². The highest BCUT2D eigenvalue weighted by atomic mass is 35.5. The number of benzene rings is 1. The second-order valence-electron chi connectivity index (χ2n) is 5.47. The van der Waals surface area contributed by atoms with Crippen LogP contribution < -0.4 is 0 Å². The molecule has 1 aromatic heterocycles. The van der Waals surface area contributed by atoms with Crippen LogP contribution in [0.4, 0.5) is 0 Å². The second kappa shape index (κ2) is 4.69. The molecule has 3 heteroatoms. The number of halogens is 1. The Morgan fingerprint density at radius 3 is 2.17 bits per heavy atom. The number of hydrogen-bond donors (Lipinski definition) is 0. The Bertz CT molecular complexity index is 554. The number of hydrogen-bond acceptors (Lipinski definition) is 2. The van der Waals surface area contributed by atoms with Gasteiger partial charge in [0.15, 0.2) is 0 Å². The molecule has 2 nitrogen and oxygen atoms in total. The molecule has 0 N–H and O–H groups in total. The van der Waals surface area contributed by atoms with Gasteiger partial charge in [0.05, 0.1) is 5.69 Å². The van der Waals surface area contributed by atoms with Crippen molar-refractivity contribution in [1.82, 2.24) is 9.97 Å². The normalized spacial score (nSPS) is 11.6. The summed E-state index contributed by atoms with van der Waals surface area (Å²) in [6.07, 6.45) is 1.50. The fourth-order valence-corrected chi connectivity index (χ4v) is 1.98. The van der Waals surface area contributed by atoms with Gasteiger partial charge in [-0.05, 0) is 17.9 Å². The summed E-state index contributed by atoms with van der Waals surface area (Å²) in [5.74, 6) is 0. The van der Waals surface area contributed by atoms with Crippen LogP contribution in [0.15, 0.2) is 30.6 Å². The molecule has 0 saturated carbocycles. The van der Waals surface area contributed by atoms with Gasteiger partial charge in [0.2, 0.25) is 0 Å². The van der Waals surface area contributed by atoms with E-state index in [1.165, 1.54) is 11.9 Å². The smallest absolute Gasteiger partial charge is 0.135 e. The molecule has 0 fully saturated rings. The topological polar surface area (TPSA) is 25.8 Å². The van der Waals surface area contributed by atoms with E-state index >= 15 is 0 Å². The number of nitrogens with zero attached hydrogens (tertiary/aromatic N) is 2. The zero-order valence-corrected chi connectivity index (χ0v) is 11.9. The first-order valence-electron chi connectivity index (χ1n) is 5.97. The summed E-state index contributed by atoms with van der Waals surface area (Å²) in [4.78, 5) is 8.28. The fraction of sp³-hybridized carbons (Fsp3) is 0.333. The molecule has 0 aliphatic rings. The van der Waals surface area contributed by atoms with E-state index in [4.69, 9.17) is 11.6 Å². The average molecular weight is 261 g/mol. The maximum absolute atomic E-state index is 6.02. The molecule has 94 valence electrons. The van der Waals surface area contributed by atoms with Crippen LogP contribution in [0.25, 0.3) is 11.3 Å². The molecule has 2 aromatic rings. The first kappa shape index (κ1) is 13.0. The molecule has 1 aromatic carbocycles. The van der Waals surface area contributed by atoms with Gasteiger partial charge in [-0.25, -0.2) is 9.97 Å². The van der Waals surface area contributed by atoms with E-state index in [9.17, 15) is 0 Å². The van der Waals surface area contributed by atoms with Crippen LogP contribution in [0.1, 0.15) is 31.9 Å². The lowest BCUT2D eigenvalue weighted by Gasteiger charge is -2.19. The van der Waals surface area contributed by atoms with E-state index in [-0.39, 0.29) is 5.41 Å². The monoisotopic (exact) mass is 260 g/mol. The summed E-state index contributed by atoms with van der Waals surface area (Å²) in [5, 5.41) is 0.514. The molecule has 0 atom stereocenters. The van der Waals surface area contributed by atoms with Crippen molar-refractivity contribution in [2.45, 2.75) is 33.1 Å². The fourth-order valence-electron chi connectivity index (χ4n) is 1.85. The summed E-state index contributed by atoms with van der Waals surface area (Å²) in [7, 11) is 0. The summed E-state index contributed by atoms with van der Waals surface area (Å²) < 4.78 is 0. The van der Waals surface area contributed by atoms with Gasteiger partial charge in [0.1, 0.15) is 11.5 Å². The van der Waals surface area contributed by atoms with E-state index < -0.39 is 0 Å². The molecule has 0 aliphatic carbocycles. The molecule has 0 saturated heterocycles. The molecular weight excluding hydrogens is 244 g/mol. The molecule has 0 bridgehead atoms. The van der Waals surface area contributed by atoms with Crippen LogP contribution in [0, 0.1) is 6.92 Å². The van der Waals surface area contributed by atoms with Crippen LogP contribution >= 0.6 is 11.6 Å². The SMILES string of the molecule is Cc1c(Cl)ncnc1-c1ccc(C(C)(C)C)cc1. The van der Waals surface area contributed by atoms with Gasteiger partial charge in [0, 0.05) is 11.1 Å². The Morgan fingerprint density at radius 2 is 1.61 bits per heavy atom. The van der Waals surface area contributed by atoms with E-state index in [0.29, 0.717) is 5.15 Å². The zero-order valence-electron chi connectivity index (χ0n) is 11.2. The predicted molar refractivity (Wildman–Crippen MR) is 75.9 cm³/mol. The third kappa shape index (κ3) is 2.54. The van der Waals surface area contributed by atoms with Crippen molar-refractivity contribution in [2.24, 2.45) is 0 Å². The molecule has 18 heavy (non-hydrogen) atoms. The van der Waals surface area contributed by atoms with Crippen molar-refractivity contribution in [3.05, 3.63) is 46.9 Å². The number of rotatable bonds is 1. The van der Waals surface area contributed by atoms with Crippen LogP contribution in [-0.2, 0) is 5.41 Å². The lowest BCUT2D eigenvalue weighted by molar-refractivity contribution is 0.590. The van der Waals surface area contributed by atoms with Crippen LogP contribution in [0.2, 0.25) is 5.15 Å². The Hall–Kier alpha value is -1.41. The Morgan fingerprint density at radius 1 is 1.00 bits per heavy atom. The molecule has 0 unspecified atom stereocenters. The lowest BCUT2D eigenvalue weighted by atomic mass is 9.86. The quantitative estimate of drug-likeness (QED) is 0.710. The van der Waals surface area contributed by atoms with Crippen molar-refractivity contribution in [3.63, 3.8) is 0 Å². The van der Waals surface area contributed by atoms with Crippen LogP contribution in [0.5, 0.6) is 0 Å². The zero-order chi connectivity index (χ0) is 13.3. The summed E-state index contributed by atoms with van der Waals surface area (Å²) in [6, 6.07) is 8.47. The maximum atomic E-state index is 6.02. The van der Waals surface area contributed by atoms with Crippen molar-refractivity contribution >= 4 is 11.6 Å². The highest BCUT2D eigenvalue weighted by molar-refractivity contribution is 6.30. The Labute approximate surface area is 113 Å². The minimum Gasteiger partial charge on any atom is -0.236 e. The first-order chi connectivity index (χ1) is 8.39. The minimum atomic E-state index is 0.164. The van der Waals surface area contributed by atoms with E-state index in [1.54, 1.807) is 0 Å².